The first-order valence-corrected chi connectivity index (χ1v) is 4.92. The van der Waals surface area contributed by atoms with Crippen LogP contribution in [-0.2, 0) is 9.53 Å². The van der Waals surface area contributed by atoms with Gasteiger partial charge in [-0.05, 0) is 0 Å². The lowest BCUT2D eigenvalue weighted by atomic mass is 9.83. The van der Waals surface area contributed by atoms with Crippen LogP contribution in [0.1, 0.15) is 6.92 Å². The summed E-state index contributed by atoms with van der Waals surface area (Å²) in [6.45, 7) is 1.24. The SMILES string of the molecule is CO[C@@H]1C(NC(C)=O)[C@H](O)C(O)[C@H](O)[C@H]1O. The normalized spacial score (nSPS) is 44.1. The van der Waals surface area contributed by atoms with Gasteiger partial charge in [0.1, 0.15) is 30.5 Å². The number of hydrogen-bond donors (Lipinski definition) is 5. The number of carbonyl (C=O) groups excluding carboxylic acids is 1. The van der Waals surface area contributed by atoms with Gasteiger partial charge in [-0.3, -0.25) is 4.79 Å². The Morgan fingerprint density at radius 2 is 1.56 bits per heavy atom. The Morgan fingerprint density at radius 3 is 2.00 bits per heavy atom. The molecule has 6 atom stereocenters. The van der Waals surface area contributed by atoms with E-state index in [1.54, 1.807) is 0 Å². The number of hydrogen-bond acceptors (Lipinski definition) is 6. The molecule has 0 bridgehead atoms. The number of aliphatic hydroxyl groups excluding tert-OH is 4. The molecule has 0 heterocycles. The minimum atomic E-state index is -1.53. The molecule has 7 heteroatoms. The smallest absolute Gasteiger partial charge is 0.217 e. The predicted molar refractivity (Wildman–Crippen MR) is 52.4 cm³/mol. The zero-order valence-electron chi connectivity index (χ0n) is 9.07. The van der Waals surface area contributed by atoms with Gasteiger partial charge >= 0.3 is 0 Å². The summed E-state index contributed by atoms with van der Waals surface area (Å²) < 4.78 is 4.91. The molecule has 0 aromatic rings. The summed E-state index contributed by atoms with van der Waals surface area (Å²) in [5.41, 5.74) is 0. The van der Waals surface area contributed by atoms with E-state index in [1.165, 1.54) is 14.0 Å². The van der Waals surface area contributed by atoms with Gasteiger partial charge in [0.25, 0.3) is 0 Å². The predicted octanol–water partition coefficient (Wildman–Crippen LogP) is -3.04. The fourth-order valence-corrected chi connectivity index (χ4v) is 1.91. The van der Waals surface area contributed by atoms with Gasteiger partial charge in [-0.25, -0.2) is 0 Å². The molecule has 0 aliphatic heterocycles. The van der Waals surface area contributed by atoms with E-state index in [0.717, 1.165) is 0 Å². The summed E-state index contributed by atoms with van der Waals surface area (Å²) in [5.74, 6) is -0.429. The summed E-state index contributed by atoms with van der Waals surface area (Å²) in [6.07, 6.45) is -6.78. The lowest BCUT2D eigenvalue weighted by molar-refractivity contribution is -0.197. The van der Waals surface area contributed by atoms with E-state index in [4.69, 9.17) is 4.74 Å². The molecule has 0 aromatic heterocycles. The topological polar surface area (TPSA) is 119 Å². The highest BCUT2D eigenvalue weighted by molar-refractivity contribution is 5.73. The molecule has 1 amide bonds. The van der Waals surface area contributed by atoms with Gasteiger partial charge in [-0.2, -0.15) is 0 Å². The maximum atomic E-state index is 10.9. The number of ether oxygens (including phenoxy) is 1. The highest BCUT2D eigenvalue weighted by Gasteiger charge is 2.49. The van der Waals surface area contributed by atoms with Crippen molar-refractivity contribution in [2.75, 3.05) is 7.11 Å². The van der Waals surface area contributed by atoms with E-state index in [1.807, 2.05) is 0 Å². The lowest BCUT2D eigenvalue weighted by Gasteiger charge is -2.43. The van der Waals surface area contributed by atoms with Crippen molar-refractivity contribution in [3.8, 4) is 0 Å². The van der Waals surface area contributed by atoms with Gasteiger partial charge < -0.3 is 30.5 Å². The van der Waals surface area contributed by atoms with Gasteiger partial charge in [0.15, 0.2) is 0 Å². The molecule has 0 spiro atoms. The molecule has 0 radical (unpaired) electrons. The van der Waals surface area contributed by atoms with Crippen molar-refractivity contribution in [2.24, 2.45) is 0 Å². The largest absolute Gasteiger partial charge is 0.388 e. The summed E-state index contributed by atoms with van der Waals surface area (Å²) in [4.78, 5) is 10.9. The van der Waals surface area contributed by atoms with Crippen LogP contribution in [0.2, 0.25) is 0 Å². The summed E-state index contributed by atoms with van der Waals surface area (Å²) in [6, 6.07) is -0.962. The first kappa shape index (κ1) is 13.3. The van der Waals surface area contributed by atoms with Crippen LogP contribution in [0, 0.1) is 0 Å². The van der Waals surface area contributed by atoms with Crippen molar-refractivity contribution < 1.29 is 30.0 Å². The van der Waals surface area contributed by atoms with E-state index in [9.17, 15) is 25.2 Å². The highest BCUT2D eigenvalue weighted by atomic mass is 16.5. The molecule has 1 aliphatic carbocycles. The van der Waals surface area contributed by atoms with E-state index in [2.05, 4.69) is 5.32 Å². The second-order valence-corrected chi connectivity index (χ2v) is 3.89. The van der Waals surface area contributed by atoms with Crippen molar-refractivity contribution >= 4 is 5.91 Å². The van der Waals surface area contributed by atoms with Crippen molar-refractivity contribution in [1.82, 2.24) is 5.32 Å². The monoisotopic (exact) mass is 235 g/mol. The van der Waals surface area contributed by atoms with E-state index < -0.39 is 42.5 Å². The summed E-state index contributed by atoms with van der Waals surface area (Å²) >= 11 is 0. The third kappa shape index (κ3) is 2.33. The molecule has 0 saturated heterocycles. The second-order valence-electron chi connectivity index (χ2n) is 3.89. The summed E-state index contributed by atoms with van der Waals surface area (Å²) in [7, 11) is 1.28. The first-order chi connectivity index (χ1) is 7.40. The number of amides is 1. The van der Waals surface area contributed by atoms with Crippen LogP contribution in [0.25, 0.3) is 0 Å². The number of methoxy groups -OCH3 is 1. The average molecular weight is 235 g/mol. The molecule has 1 fully saturated rings. The van der Waals surface area contributed by atoms with E-state index in [0.29, 0.717) is 0 Å². The van der Waals surface area contributed by atoms with Crippen LogP contribution < -0.4 is 5.32 Å². The lowest BCUT2D eigenvalue weighted by Crippen LogP contribution is -2.68. The standard InChI is InChI=1S/C9H17NO6/c1-3(11)10-4-5(12)6(13)7(14)8(15)9(4)16-2/h4-9,12-15H,1-2H3,(H,10,11)/t4?,5-,6?,7-,8+,9+/m0/s1. The molecule has 1 saturated carbocycles. The Bertz CT molecular complexity index is 260. The molecule has 16 heavy (non-hydrogen) atoms. The minimum absolute atomic E-state index is 0.429. The molecule has 1 rings (SSSR count). The van der Waals surface area contributed by atoms with Crippen LogP contribution in [0.15, 0.2) is 0 Å². The molecular formula is C9H17NO6. The van der Waals surface area contributed by atoms with Crippen LogP contribution >= 0.6 is 0 Å². The van der Waals surface area contributed by atoms with Crippen molar-refractivity contribution in [1.29, 1.82) is 0 Å². The number of aliphatic hydroxyl groups is 4. The van der Waals surface area contributed by atoms with Crippen molar-refractivity contribution in [2.45, 2.75) is 43.5 Å². The van der Waals surface area contributed by atoms with Crippen LogP contribution in [0.4, 0.5) is 0 Å². The Kier molecular flexibility index (Phi) is 4.22. The van der Waals surface area contributed by atoms with Gasteiger partial charge in [0, 0.05) is 14.0 Å². The van der Waals surface area contributed by atoms with E-state index >= 15 is 0 Å². The molecule has 0 aromatic carbocycles. The fraction of sp³-hybridized carbons (Fsp3) is 0.889. The maximum Gasteiger partial charge on any atom is 0.217 e. The Hall–Kier alpha value is -0.730. The third-order valence-corrected chi connectivity index (χ3v) is 2.75. The molecule has 2 unspecified atom stereocenters. The zero-order valence-corrected chi connectivity index (χ0v) is 9.07. The third-order valence-electron chi connectivity index (χ3n) is 2.75. The molecule has 7 nitrogen and oxygen atoms in total. The van der Waals surface area contributed by atoms with Crippen LogP contribution in [0.3, 0.4) is 0 Å². The van der Waals surface area contributed by atoms with Gasteiger partial charge in [0.05, 0.1) is 6.04 Å². The number of rotatable bonds is 2. The highest BCUT2D eigenvalue weighted by Crippen LogP contribution is 2.23. The Morgan fingerprint density at radius 1 is 1.06 bits per heavy atom. The fourth-order valence-electron chi connectivity index (χ4n) is 1.91. The Labute approximate surface area is 92.7 Å². The molecule has 1 aliphatic rings. The number of carbonyl (C=O) groups is 1. The zero-order chi connectivity index (χ0) is 12.5. The van der Waals surface area contributed by atoms with Crippen LogP contribution in [0.5, 0.6) is 0 Å². The van der Waals surface area contributed by atoms with Crippen molar-refractivity contribution in [3.63, 3.8) is 0 Å². The van der Waals surface area contributed by atoms with Crippen LogP contribution in [-0.4, -0.2) is 70.0 Å². The van der Waals surface area contributed by atoms with Gasteiger partial charge in [-0.15, -0.1) is 0 Å². The van der Waals surface area contributed by atoms with Crippen molar-refractivity contribution in [3.05, 3.63) is 0 Å². The minimum Gasteiger partial charge on any atom is -0.388 e. The Balaban J connectivity index is 2.88. The summed E-state index contributed by atoms with van der Waals surface area (Å²) in [5, 5.41) is 40.5. The van der Waals surface area contributed by atoms with Gasteiger partial charge in [-0.1, -0.05) is 0 Å². The molecule has 5 N–H and O–H groups in total. The molecular weight excluding hydrogens is 218 g/mol. The average Bonchev–Trinajstić information content (AvgIpc) is 2.23. The van der Waals surface area contributed by atoms with Gasteiger partial charge in [0.2, 0.25) is 5.91 Å². The maximum absolute atomic E-state index is 10.9. The second kappa shape index (κ2) is 5.07. The first-order valence-electron chi connectivity index (χ1n) is 4.92. The van der Waals surface area contributed by atoms with E-state index in [-0.39, 0.29) is 0 Å². The number of nitrogens with one attached hydrogen (secondary N) is 1. The quantitative estimate of drug-likeness (QED) is 0.347. The molecule has 94 valence electrons.